The minimum Gasteiger partial charge on any atom is -0.388 e. The first kappa shape index (κ1) is 11.8. The average Bonchev–Trinajstić information content (AvgIpc) is 2.67. The number of hydrogen-bond acceptors (Lipinski definition) is 2. The van der Waals surface area contributed by atoms with Crippen molar-refractivity contribution in [2.75, 3.05) is 20.1 Å². The molecule has 0 saturated carbocycles. The molecule has 0 aliphatic carbocycles. The molecule has 86 valence electrons. The number of nitrogens with two attached hydrogens (primary N) is 1. The zero-order valence-electron chi connectivity index (χ0n) is 9.49. The molecule has 1 rings (SSSR count). The highest BCUT2D eigenvalue weighted by Crippen LogP contribution is 2.12. The molecule has 1 aliphatic rings. The van der Waals surface area contributed by atoms with E-state index >= 15 is 0 Å². The van der Waals surface area contributed by atoms with Crippen LogP contribution >= 0.6 is 0 Å². The van der Waals surface area contributed by atoms with Crippen molar-refractivity contribution in [3.05, 3.63) is 0 Å². The third kappa shape index (κ3) is 3.11. The van der Waals surface area contributed by atoms with E-state index in [1.54, 1.807) is 11.9 Å². The average molecular weight is 212 g/mol. The minimum absolute atomic E-state index is 0.00407. The lowest BCUT2D eigenvalue weighted by molar-refractivity contribution is 0.160. The summed E-state index contributed by atoms with van der Waals surface area (Å²) in [7, 11) is 1.77. The number of carbonyl (C=O) groups excluding carboxylic acids is 1. The van der Waals surface area contributed by atoms with Crippen molar-refractivity contribution >= 4 is 11.9 Å². The molecule has 0 radical (unpaired) electrons. The molecule has 0 spiro atoms. The summed E-state index contributed by atoms with van der Waals surface area (Å²) in [6.07, 6.45) is 2.64. The van der Waals surface area contributed by atoms with Crippen LogP contribution in [0.15, 0.2) is 0 Å². The first-order valence-electron chi connectivity index (χ1n) is 5.37. The van der Waals surface area contributed by atoms with Gasteiger partial charge in [0, 0.05) is 32.6 Å². The summed E-state index contributed by atoms with van der Waals surface area (Å²) in [6.45, 7) is 3.63. The fourth-order valence-corrected chi connectivity index (χ4v) is 1.78. The van der Waals surface area contributed by atoms with Gasteiger partial charge in [-0.25, -0.2) is 4.79 Å². The first-order valence-corrected chi connectivity index (χ1v) is 5.37. The van der Waals surface area contributed by atoms with E-state index in [9.17, 15) is 4.79 Å². The molecule has 2 amide bonds. The summed E-state index contributed by atoms with van der Waals surface area (Å²) < 4.78 is 0. The monoisotopic (exact) mass is 212 g/mol. The van der Waals surface area contributed by atoms with Gasteiger partial charge in [-0.05, 0) is 19.8 Å². The number of nitrogens with zero attached hydrogens (tertiary/aromatic N) is 2. The molecule has 0 aromatic carbocycles. The van der Waals surface area contributed by atoms with Gasteiger partial charge in [0.05, 0.1) is 5.84 Å². The Balaban J connectivity index is 2.47. The third-order valence-electron chi connectivity index (χ3n) is 2.85. The highest BCUT2D eigenvalue weighted by Gasteiger charge is 2.24. The Morgan fingerprint density at radius 2 is 2.07 bits per heavy atom. The number of carbonyl (C=O) groups is 1. The van der Waals surface area contributed by atoms with E-state index in [0.29, 0.717) is 6.42 Å². The van der Waals surface area contributed by atoms with Gasteiger partial charge in [0.2, 0.25) is 0 Å². The van der Waals surface area contributed by atoms with Gasteiger partial charge < -0.3 is 15.5 Å². The summed E-state index contributed by atoms with van der Waals surface area (Å²) in [5.41, 5.74) is 5.32. The van der Waals surface area contributed by atoms with Gasteiger partial charge in [-0.1, -0.05) is 0 Å². The Labute approximate surface area is 90.7 Å². The summed E-state index contributed by atoms with van der Waals surface area (Å²) in [6, 6.07) is 0.0526. The van der Waals surface area contributed by atoms with Crippen LogP contribution in [0.2, 0.25) is 0 Å². The maximum absolute atomic E-state index is 11.9. The maximum Gasteiger partial charge on any atom is 0.319 e. The molecule has 1 saturated heterocycles. The topological polar surface area (TPSA) is 73.4 Å². The van der Waals surface area contributed by atoms with E-state index in [1.165, 1.54) is 0 Å². The SMILES string of the molecule is CC(CC(=N)N)N(C)C(=O)N1CCCC1. The van der Waals surface area contributed by atoms with Gasteiger partial charge in [0.25, 0.3) is 0 Å². The lowest BCUT2D eigenvalue weighted by Gasteiger charge is -2.29. The van der Waals surface area contributed by atoms with E-state index in [4.69, 9.17) is 11.1 Å². The molecule has 5 nitrogen and oxygen atoms in total. The Hall–Kier alpha value is -1.26. The van der Waals surface area contributed by atoms with E-state index in [1.807, 2.05) is 11.8 Å². The van der Waals surface area contributed by atoms with Crippen molar-refractivity contribution in [2.45, 2.75) is 32.2 Å². The van der Waals surface area contributed by atoms with Gasteiger partial charge in [0.15, 0.2) is 0 Å². The van der Waals surface area contributed by atoms with Gasteiger partial charge >= 0.3 is 6.03 Å². The molecule has 5 heteroatoms. The van der Waals surface area contributed by atoms with Crippen LogP contribution in [0.25, 0.3) is 0 Å². The molecule has 1 atom stereocenters. The second kappa shape index (κ2) is 5.00. The number of hydrogen-bond donors (Lipinski definition) is 2. The van der Waals surface area contributed by atoms with Crippen molar-refractivity contribution in [3.63, 3.8) is 0 Å². The standard InChI is InChI=1S/C10H20N4O/c1-8(7-9(11)12)13(2)10(15)14-5-3-4-6-14/h8H,3-7H2,1-2H3,(H3,11,12). The van der Waals surface area contributed by atoms with E-state index in [2.05, 4.69) is 0 Å². The minimum atomic E-state index is -0.00407. The second-order valence-electron chi connectivity index (χ2n) is 4.17. The molecule has 1 aliphatic heterocycles. The summed E-state index contributed by atoms with van der Waals surface area (Å²) >= 11 is 0. The van der Waals surface area contributed by atoms with Gasteiger partial charge in [-0.2, -0.15) is 0 Å². The Bertz CT molecular complexity index is 248. The summed E-state index contributed by atoms with van der Waals surface area (Å²) in [5.74, 6) is 0.128. The Morgan fingerprint density at radius 1 is 1.53 bits per heavy atom. The quantitative estimate of drug-likeness (QED) is 0.537. The molecule has 0 aromatic heterocycles. The molecular weight excluding hydrogens is 192 g/mol. The van der Waals surface area contributed by atoms with E-state index in [-0.39, 0.29) is 17.9 Å². The van der Waals surface area contributed by atoms with Gasteiger partial charge in [0.1, 0.15) is 0 Å². The molecule has 1 fully saturated rings. The zero-order valence-corrected chi connectivity index (χ0v) is 9.49. The fourth-order valence-electron chi connectivity index (χ4n) is 1.78. The lowest BCUT2D eigenvalue weighted by atomic mass is 10.2. The molecule has 3 N–H and O–H groups in total. The van der Waals surface area contributed by atoms with Crippen molar-refractivity contribution < 1.29 is 4.79 Å². The predicted molar refractivity (Wildman–Crippen MR) is 60.0 cm³/mol. The van der Waals surface area contributed by atoms with Gasteiger partial charge in [-0.3, -0.25) is 5.41 Å². The summed E-state index contributed by atoms with van der Waals surface area (Å²) in [4.78, 5) is 15.4. The molecule has 1 unspecified atom stereocenters. The lowest BCUT2D eigenvalue weighted by Crippen LogP contribution is -2.44. The third-order valence-corrected chi connectivity index (χ3v) is 2.85. The Morgan fingerprint density at radius 3 is 2.53 bits per heavy atom. The van der Waals surface area contributed by atoms with E-state index in [0.717, 1.165) is 25.9 Å². The van der Waals surface area contributed by atoms with E-state index < -0.39 is 0 Å². The molecule has 0 bridgehead atoms. The highest BCUT2D eigenvalue weighted by molar-refractivity contribution is 5.79. The highest BCUT2D eigenvalue weighted by atomic mass is 16.2. The van der Waals surface area contributed by atoms with Gasteiger partial charge in [-0.15, -0.1) is 0 Å². The summed E-state index contributed by atoms with van der Waals surface area (Å²) in [5, 5.41) is 7.19. The Kier molecular flexibility index (Phi) is 3.94. The number of urea groups is 1. The predicted octanol–water partition coefficient (Wildman–Crippen LogP) is 0.849. The van der Waals surface area contributed by atoms with Crippen LogP contribution < -0.4 is 5.73 Å². The van der Waals surface area contributed by atoms with Crippen molar-refractivity contribution in [1.29, 1.82) is 5.41 Å². The largest absolute Gasteiger partial charge is 0.388 e. The number of amides is 2. The van der Waals surface area contributed by atoms with Crippen LogP contribution in [0, 0.1) is 5.41 Å². The fraction of sp³-hybridized carbons (Fsp3) is 0.800. The van der Waals surface area contributed by atoms with Crippen LogP contribution in [0.5, 0.6) is 0 Å². The smallest absolute Gasteiger partial charge is 0.319 e. The van der Waals surface area contributed by atoms with Crippen molar-refractivity contribution in [3.8, 4) is 0 Å². The van der Waals surface area contributed by atoms with Crippen LogP contribution in [0.3, 0.4) is 0 Å². The molecule has 1 heterocycles. The van der Waals surface area contributed by atoms with Crippen LogP contribution in [-0.2, 0) is 0 Å². The van der Waals surface area contributed by atoms with Crippen LogP contribution in [0.4, 0.5) is 4.79 Å². The number of nitrogens with one attached hydrogen (secondary N) is 1. The first-order chi connectivity index (χ1) is 7.02. The molecule has 15 heavy (non-hydrogen) atoms. The molecule has 0 aromatic rings. The normalized spacial score (nSPS) is 17.6. The number of amidine groups is 1. The number of rotatable bonds is 3. The van der Waals surface area contributed by atoms with Crippen molar-refractivity contribution in [1.82, 2.24) is 9.80 Å². The second-order valence-corrected chi connectivity index (χ2v) is 4.17. The molecular formula is C10H20N4O. The zero-order chi connectivity index (χ0) is 11.4. The van der Waals surface area contributed by atoms with Crippen LogP contribution in [-0.4, -0.2) is 47.8 Å². The van der Waals surface area contributed by atoms with Crippen LogP contribution in [0.1, 0.15) is 26.2 Å². The number of likely N-dealkylation sites (tertiary alicyclic amines) is 1. The van der Waals surface area contributed by atoms with Crippen molar-refractivity contribution in [2.24, 2.45) is 5.73 Å². The maximum atomic E-state index is 11.9.